The zero-order chi connectivity index (χ0) is 26.3. The van der Waals surface area contributed by atoms with Gasteiger partial charge in [0.25, 0.3) is 0 Å². The Morgan fingerprint density at radius 2 is 1.86 bits per heavy atom. The molecule has 0 bridgehead atoms. The summed E-state index contributed by atoms with van der Waals surface area (Å²) in [7, 11) is 7.02. The van der Waals surface area contributed by atoms with E-state index in [4.69, 9.17) is 15.3 Å². The van der Waals surface area contributed by atoms with Gasteiger partial charge in [-0.25, -0.2) is 0 Å². The fraction of sp³-hybridized carbons (Fsp3) is 0.654. The minimum Gasteiger partial charge on any atom is -0.400 e. The Bertz CT molecular complexity index is 686. The maximum Gasteiger partial charge on any atom is 0.133 e. The minimum atomic E-state index is -0.517. The van der Waals surface area contributed by atoms with E-state index in [0.29, 0.717) is 13.0 Å². The quantitative estimate of drug-likeness (QED) is 0.246. The number of aliphatic imine (C=N–C) groups is 1. The molecule has 0 aromatic carbocycles. The predicted octanol–water partition coefficient (Wildman–Crippen LogP) is 1.10. The fourth-order valence-electron chi connectivity index (χ4n) is 3.25. The van der Waals surface area contributed by atoms with E-state index in [1.165, 1.54) is 0 Å². The van der Waals surface area contributed by atoms with Gasteiger partial charge in [-0.05, 0) is 71.6 Å². The van der Waals surface area contributed by atoms with E-state index in [-0.39, 0.29) is 6.61 Å². The van der Waals surface area contributed by atoms with E-state index < -0.39 is 6.10 Å². The molecule has 9 heteroatoms. The van der Waals surface area contributed by atoms with Gasteiger partial charge in [0.15, 0.2) is 0 Å². The lowest BCUT2D eigenvalue weighted by Crippen LogP contribution is -2.37. The molecule has 2 heterocycles. The lowest BCUT2D eigenvalue weighted by molar-refractivity contribution is -0.108. The van der Waals surface area contributed by atoms with Gasteiger partial charge in [-0.3, -0.25) is 19.8 Å². The number of likely N-dealkylation sites (N-methyl/N-ethyl adjacent to an activating group) is 1. The van der Waals surface area contributed by atoms with Gasteiger partial charge in [-0.2, -0.15) is 0 Å². The van der Waals surface area contributed by atoms with Crippen molar-refractivity contribution in [2.24, 2.45) is 4.99 Å². The van der Waals surface area contributed by atoms with Crippen LogP contribution in [0.25, 0.3) is 0 Å². The average Bonchev–Trinajstić information content (AvgIpc) is 2.88. The summed E-state index contributed by atoms with van der Waals surface area (Å²) in [6.07, 6.45) is 10.4. The third kappa shape index (κ3) is 18.9. The Morgan fingerprint density at radius 1 is 1.09 bits per heavy atom. The first kappa shape index (κ1) is 33.0. The SMILES string of the molecule is CN(C)CCCC[C@@H](O)CO.CN(CC=O)CCN(CC1=NCCC=C1)Cc1ccccn1.CO. The van der Waals surface area contributed by atoms with Gasteiger partial charge in [-0.1, -0.05) is 12.1 Å². The molecular weight excluding hydrogens is 446 g/mol. The van der Waals surface area contributed by atoms with Crippen molar-refractivity contribution in [3.8, 4) is 0 Å². The maximum atomic E-state index is 10.6. The van der Waals surface area contributed by atoms with Crippen LogP contribution in [-0.4, -0.2) is 127 Å². The molecule has 1 atom stereocenters. The molecule has 0 saturated carbocycles. The maximum absolute atomic E-state index is 10.6. The van der Waals surface area contributed by atoms with Crippen LogP contribution in [-0.2, 0) is 11.3 Å². The molecule has 1 aliphatic rings. The fourth-order valence-corrected chi connectivity index (χ4v) is 3.25. The van der Waals surface area contributed by atoms with Crippen LogP contribution >= 0.6 is 0 Å². The van der Waals surface area contributed by atoms with Gasteiger partial charge < -0.3 is 25.0 Å². The highest BCUT2D eigenvalue weighted by Crippen LogP contribution is 2.05. The molecular formula is C26H47N5O4. The Labute approximate surface area is 211 Å². The second-order valence-electron chi connectivity index (χ2n) is 8.66. The first-order valence-corrected chi connectivity index (χ1v) is 12.3. The molecule has 0 radical (unpaired) electrons. The van der Waals surface area contributed by atoms with Crippen LogP contribution in [0.15, 0.2) is 41.5 Å². The van der Waals surface area contributed by atoms with E-state index in [2.05, 4.69) is 31.9 Å². The summed E-state index contributed by atoms with van der Waals surface area (Å²) >= 11 is 0. The summed E-state index contributed by atoms with van der Waals surface area (Å²) in [4.78, 5) is 26.0. The van der Waals surface area contributed by atoms with Crippen molar-refractivity contribution in [2.45, 2.75) is 38.3 Å². The number of aldehydes is 1. The van der Waals surface area contributed by atoms with Gasteiger partial charge in [0.05, 0.1) is 24.9 Å². The molecule has 9 nitrogen and oxygen atoms in total. The topological polar surface area (TPSA) is 113 Å². The molecule has 35 heavy (non-hydrogen) atoms. The van der Waals surface area contributed by atoms with Crippen molar-refractivity contribution in [1.29, 1.82) is 0 Å². The number of nitrogens with zero attached hydrogens (tertiary/aromatic N) is 5. The van der Waals surface area contributed by atoms with Crippen molar-refractivity contribution in [2.75, 3.05) is 74.1 Å². The van der Waals surface area contributed by atoms with Crippen LogP contribution in [0.3, 0.4) is 0 Å². The van der Waals surface area contributed by atoms with E-state index in [1.54, 1.807) is 0 Å². The Hall–Kier alpha value is -2.01. The highest BCUT2D eigenvalue weighted by Gasteiger charge is 2.11. The summed E-state index contributed by atoms with van der Waals surface area (Å²) in [5.41, 5.74) is 2.18. The number of aliphatic hydroxyl groups excluding tert-OH is 3. The van der Waals surface area contributed by atoms with Crippen molar-refractivity contribution in [3.05, 3.63) is 42.2 Å². The zero-order valence-corrected chi connectivity index (χ0v) is 22.1. The summed E-state index contributed by atoms with van der Waals surface area (Å²) < 4.78 is 0. The molecule has 1 aromatic heterocycles. The van der Waals surface area contributed by atoms with Crippen LogP contribution in [0, 0.1) is 0 Å². The smallest absolute Gasteiger partial charge is 0.133 e. The molecule has 2 rings (SSSR count). The first-order valence-electron chi connectivity index (χ1n) is 12.3. The summed E-state index contributed by atoms with van der Waals surface area (Å²) in [6, 6.07) is 5.98. The van der Waals surface area contributed by atoms with Gasteiger partial charge >= 0.3 is 0 Å². The van der Waals surface area contributed by atoms with Crippen molar-refractivity contribution in [3.63, 3.8) is 0 Å². The minimum absolute atomic E-state index is 0.109. The Balaban J connectivity index is 0.000000754. The van der Waals surface area contributed by atoms with Gasteiger partial charge in [-0.15, -0.1) is 0 Å². The van der Waals surface area contributed by atoms with Crippen LogP contribution in [0.4, 0.5) is 0 Å². The zero-order valence-electron chi connectivity index (χ0n) is 22.1. The lowest BCUT2D eigenvalue weighted by atomic mass is 10.1. The Kier molecular flexibility index (Phi) is 21.2. The number of hydrogen-bond donors (Lipinski definition) is 3. The summed E-state index contributed by atoms with van der Waals surface area (Å²) in [6.45, 7) is 5.65. The lowest BCUT2D eigenvalue weighted by Gasteiger charge is -2.25. The van der Waals surface area contributed by atoms with Gasteiger partial charge in [0.2, 0.25) is 0 Å². The molecule has 0 saturated heterocycles. The van der Waals surface area contributed by atoms with E-state index in [0.717, 1.165) is 83.3 Å². The largest absolute Gasteiger partial charge is 0.400 e. The molecule has 0 amide bonds. The molecule has 0 fully saturated rings. The standard InChI is InChI=1S/C17H24N4O.C8H19NO2.CH4O/c1-20(12-13-22)10-11-21(14-16-6-2-4-8-18-16)15-17-7-3-5-9-19-17;1-9(2)6-4-3-5-8(11)7-10;1-2/h2-4,6-8,13H,5,9-12,14-15H2,1H3;8,10-11H,3-7H2,1-2H3;2H,1H3/t;8-;/m.1./s1. The van der Waals surface area contributed by atoms with Crippen LogP contribution < -0.4 is 0 Å². The molecule has 200 valence electrons. The second kappa shape index (κ2) is 22.5. The summed E-state index contributed by atoms with van der Waals surface area (Å²) in [5, 5.41) is 24.4. The van der Waals surface area contributed by atoms with Crippen molar-refractivity contribution < 1.29 is 20.1 Å². The predicted molar refractivity (Wildman–Crippen MR) is 143 cm³/mol. The number of carbonyl (C=O) groups is 1. The van der Waals surface area contributed by atoms with Crippen LogP contribution in [0.1, 0.15) is 31.4 Å². The number of aromatic nitrogens is 1. The number of carbonyl (C=O) groups excluding carboxylic acids is 1. The molecule has 0 spiro atoms. The van der Waals surface area contributed by atoms with Crippen LogP contribution in [0.2, 0.25) is 0 Å². The highest BCUT2D eigenvalue weighted by molar-refractivity contribution is 5.97. The molecule has 1 aliphatic heterocycles. The van der Waals surface area contributed by atoms with E-state index in [9.17, 15) is 4.79 Å². The number of rotatable bonds is 15. The second-order valence-corrected chi connectivity index (χ2v) is 8.66. The molecule has 0 aliphatic carbocycles. The third-order valence-corrected chi connectivity index (χ3v) is 5.21. The molecule has 3 N–H and O–H groups in total. The number of pyridine rings is 1. The monoisotopic (exact) mass is 493 g/mol. The van der Waals surface area contributed by atoms with E-state index >= 15 is 0 Å². The van der Waals surface area contributed by atoms with Crippen molar-refractivity contribution >= 4 is 12.0 Å². The van der Waals surface area contributed by atoms with Crippen LogP contribution in [0.5, 0.6) is 0 Å². The normalized spacial score (nSPS) is 13.6. The number of dihydropyridines is 1. The number of hydrogen-bond acceptors (Lipinski definition) is 9. The molecule has 1 aromatic rings. The van der Waals surface area contributed by atoms with Crippen molar-refractivity contribution in [1.82, 2.24) is 19.7 Å². The number of aliphatic hydroxyl groups is 3. The number of unbranched alkanes of at least 4 members (excludes halogenated alkanes) is 1. The van der Waals surface area contributed by atoms with Gasteiger partial charge in [0, 0.05) is 51.7 Å². The molecule has 0 unspecified atom stereocenters. The third-order valence-electron chi connectivity index (χ3n) is 5.21. The average molecular weight is 494 g/mol. The Morgan fingerprint density at radius 3 is 2.43 bits per heavy atom. The van der Waals surface area contributed by atoms with Gasteiger partial charge in [0.1, 0.15) is 6.29 Å². The first-order chi connectivity index (χ1) is 16.9. The van der Waals surface area contributed by atoms with E-state index in [1.807, 2.05) is 50.4 Å². The highest BCUT2D eigenvalue weighted by atomic mass is 16.3. The summed E-state index contributed by atoms with van der Waals surface area (Å²) in [5.74, 6) is 0.